The average Bonchev–Trinajstić information content (AvgIpc) is 3.09. The molecule has 162 valence electrons. The van der Waals surface area contributed by atoms with Crippen LogP contribution >= 0.6 is 0 Å². The van der Waals surface area contributed by atoms with Crippen LogP contribution in [0.4, 0.5) is 11.8 Å². The smallest absolute Gasteiger partial charge is 0.222 e. The number of benzene rings is 1. The SMILES string of the molecule is CC[C@@H](CCO)Nc1nc(N)nc2cnn(Cc3ccc(C(C)(C)N)cc3OC)c12. The molecule has 0 aliphatic carbocycles. The number of aliphatic hydroxyl groups excluding tert-OH is 1. The van der Waals surface area contributed by atoms with Crippen molar-refractivity contribution in [2.75, 3.05) is 24.8 Å². The van der Waals surface area contributed by atoms with Gasteiger partial charge in [-0.15, -0.1) is 0 Å². The molecule has 0 unspecified atom stereocenters. The number of anilines is 2. The Labute approximate surface area is 176 Å². The molecule has 3 aromatic rings. The predicted molar refractivity (Wildman–Crippen MR) is 118 cm³/mol. The molecule has 0 radical (unpaired) electrons. The number of rotatable bonds is 9. The van der Waals surface area contributed by atoms with E-state index in [1.165, 1.54) is 0 Å². The highest BCUT2D eigenvalue weighted by atomic mass is 16.5. The van der Waals surface area contributed by atoms with E-state index in [0.717, 1.165) is 28.8 Å². The van der Waals surface area contributed by atoms with Crippen LogP contribution in [0, 0.1) is 0 Å². The van der Waals surface area contributed by atoms with Crippen LogP contribution in [0.2, 0.25) is 0 Å². The van der Waals surface area contributed by atoms with Crippen LogP contribution < -0.4 is 21.5 Å². The summed E-state index contributed by atoms with van der Waals surface area (Å²) in [6.07, 6.45) is 3.12. The van der Waals surface area contributed by atoms with Crippen molar-refractivity contribution < 1.29 is 9.84 Å². The molecule has 0 aliphatic rings. The first kappa shape index (κ1) is 21.8. The molecule has 30 heavy (non-hydrogen) atoms. The largest absolute Gasteiger partial charge is 0.496 e. The minimum atomic E-state index is -0.464. The lowest BCUT2D eigenvalue weighted by Gasteiger charge is -2.21. The second kappa shape index (κ2) is 8.85. The van der Waals surface area contributed by atoms with E-state index >= 15 is 0 Å². The van der Waals surface area contributed by atoms with Crippen LogP contribution in [0.15, 0.2) is 24.4 Å². The van der Waals surface area contributed by atoms with Crippen molar-refractivity contribution in [3.05, 3.63) is 35.5 Å². The molecule has 0 aliphatic heterocycles. The van der Waals surface area contributed by atoms with Gasteiger partial charge in [0.25, 0.3) is 0 Å². The first-order chi connectivity index (χ1) is 14.3. The second-order valence-electron chi connectivity index (χ2n) is 7.98. The summed E-state index contributed by atoms with van der Waals surface area (Å²) in [7, 11) is 1.64. The number of nitrogens with one attached hydrogen (secondary N) is 1. The van der Waals surface area contributed by atoms with E-state index in [1.807, 2.05) is 36.7 Å². The van der Waals surface area contributed by atoms with Crippen molar-refractivity contribution in [1.29, 1.82) is 0 Å². The van der Waals surface area contributed by atoms with Crippen LogP contribution in [-0.4, -0.2) is 44.6 Å². The summed E-state index contributed by atoms with van der Waals surface area (Å²) in [6.45, 7) is 6.53. The van der Waals surface area contributed by atoms with Crippen molar-refractivity contribution in [2.45, 2.75) is 51.7 Å². The summed E-state index contributed by atoms with van der Waals surface area (Å²) in [5.41, 5.74) is 15.0. The molecule has 0 fully saturated rings. The van der Waals surface area contributed by atoms with E-state index < -0.39 is 5.54 Å². The van der Waals surface area contributed by atoms with Gasteiger partial charge in [0.2, 0.25) is 5.95 Å². The minimum Gasteiger partial charge on any atom is -0.496 e. The Morgan fingerprint density at radius 1 is 1.30 bits per heavy atom. The summed E-state index contributed by atoms with van der Waals surface area (Å²) < 4.78 is 7.44. The number of nitrogens with zero attached hydrogens (tertiary/aromatic N) is 4. The average molecular weight is 414 g/mol. The maximum absolute atomic E-state index is 9.32. The monoisotopic (exact) mass is 413 g/mol. The van der Waals surface area contributed by atoms with Crippen molar-refractivity contribution in [2.24, 2.45) is 5.73 Å². The number of aromatic nitrogens is 4. The van der Waals surface area contributed by atoms with Gasteiger partial charge in [-0.05, 0) is 38.3 Å². The van der Waals surface area contributed by atoms with Crippen molar-refractivity contribution in [3.63, 3.8) is 0 Å². The molecule has 0 saturated heterocycles. The lowest BCUT2D eigenvalue weighted by molar-refractivity contribution is 0.278. The number of fused-ring (bicyclic) bond motifs is 1. The second-order valence-corrected chi connectivity index (χ2v) is 7.98. The number of aliphatic hydroxyl groups is 1. The maximum Gasteiger partial charge on any atom is 0.222 e. The Hall–Kier alpha value is -2.91. The fraction of sp³-hybridized carbons (Fsp3) is 0.476. The van der Waals surface area contributed by atoms with Gasteiger partial charge in [-0.1, -0.05) is 19.1 Å². The van der Waals surface area contributed by atoms with Crippen molar-refractivity contribution in [3.8, 4) is 5.75 Å². The van der Waals surface area contributed by atoms with Gasteiger partial charge in [0.15, 0.2) is 5.82 Å². The topological polar surface area (TPSA) is 137 Å². The van der Waals surface area contributed by atoms with E-state index in [4.69, 9.17) is 16.2 Å². The molecule has 9 heteroatoms. The molecule has 1 atom stereocenters. The Bertz CT molecular complexity index is 1010. The maximum atomic E-state index is 9.32. The molecule has 0 bridgehead atoms. The van der Waals surface area contributed by atoms with Gasteiger partial charge in [-0.3, -0.25) is 4.68 Å². The fourth-order valence-corrected chi connectivity index (χ4v) is 3.40. The molecule has 0 amide bonds. The standard InChI is InChI=1S/C21H31N7O2/c1-5-15(8-9-29)25-19-18-16(26-20(22)27-19)11-24-28(18)12-13-6-7-14(21(2,3)23)10-17(13)30-4/h6-7,10-11,15,29H,5,8-9,12,23H2,1-4H3,(H3,22,25,26,27)/t15-/m0/s1. The number of ether oxygens (including phenoxy) is 1. The highest BCUT2D eigenvalue weighted by Gasteiger charge is 2.19. The highest BCUT2D eigenvalue weighted by Crippen LogP contribution is 2.29. The van der Waals surface area contributed by atoms with Crippen LogP contribution in [-0.2, 0) is 12.1 Å². The fourth-order valence-electron chi connectivity index (χ4n) is 3.40. The summed E-state index contributed by atoms with van der Waals surface area (Å²) in [6, 6.07) is 6.04. The van der Waals surface area contributed by atoms with Gasteiger partial charge in [0.05, 0.1) is 19.9 Å². The number of methoxy groups -OCH3 is 1. The van der Waals surface area contributed by atoms with Crippen molar-refractivity contribution >= 4 is 22.8 Å². The molecule has 2 heterocycles. The third kappa shape index (κ3) is 4.63. The quantitative estimate of drug-likeness (QED) is 0.419. The van der Waals surface area contributed by atoms with Crippen LogP contribution in [0.1, 0.15) is 44.7 Å². The summed E-state index contributed by atoms with van der Waals surface area (Å²) >= 11 is 0. The number of hydrogen-bond donors (Lipinski definition) is 4. The molecule has 6 N–H and O–H groups in total. The molecule has 1 aromatic carbocycles. The third-order valence-electron chi connectivity index (χ3n) is 5.17. The van der Waals surface area contributed by atoms with Gasteiger partial charge in [-0.25, -0.2) is 4.98 Å². The first-order valence-corrected chi connectivity index (χ1v) is 10.1. The molecule has 2 aromatic heterocycles. The molecular formula is C21H31N7O2. The summed E-state index contributed by atoms with van der Waals surface area (Å²) in [4.78, 5) is 8.71. The van der Waals surface area contributed by atoms with E-state index in [9.17, 15) is 5.11 Å². The zero-order valence-electron chi connectivity index (χ0n) is 18.0. The van der Waals surface area contributed by atoms with Crippen LogP contribution in [0.5, 0.6) is 5.75 Å². The third-order valence-corrected chi connectivity index (χ3v) is 5.17. The molecule has 3 rings (SSSR count). The summed E-state index contributed by atoms with van der Waals surface area (Å²) in [5.74, 6) is 1.52. The van der Waals surface area contributed by atoms with E-state index in [0.29, 0.717) is 24.3 Å². The van der Waals surface area contributed by atoms with Gasteiger partial charge in [0, 0.05) is 23.8 Å². The lowest BCUT2D eigenvalue weighted by Crippen LogP contribution is -2.28. The van der Waals surface area contributed by atoms with E-state index in [2.05, 4.69) is 27.3 Å². The van der Waals surface area contributed by atoms with Gasteiger partial charge in [0.1, 0.15) is 16.8 Å². The molecule has 0 spiro atoms. The Morgan fingerprint density at radius 3 is 2.70 bits per heavy atom. The number of hydrogen-bond acceptors (Lipinski definition) is 8. The Kier molecular flexibility index (Phi) is 6.42. The normalized spacial score (nSPS) is 12.9. The lowest BCUT2D eigenvalue weighted by atomic mass is 9.94. The number of nitrogens with two attached hydrogens (primary N) is 2. The summed E-state index contributed by atoms with van der Waals surface area (Å²) in [5, 5.41) is 17.2. The number of nitrogen functional groups attached to an aromatic ring is 1. The van der Waals surface area contributed by atoms with Crippen LogP contribution in [0.25, 0.3) is 11.0 Å². The Morgan fingerprint density at radius 2 is 2.07 bits per heavy atom. The predicted octanol–water partition coefficient (Wildman–Crippen LogP) is 2.23. The van der Waals surface area contributed by atoms with Crippen LogP contribution in [0.3, 0.4) is 0 Å². The molecule has 0 saturated carbocycles. The van der Waals surface area contributed by atoms with E-state index in [-0.39, 0.29) is 18.6 Å². The van der Waals surface area contributed by atoms with Crippen molar-refractivity contribution in [1.82, 2.24) is 19.7 Å². The van der Waals surface area contributed by atoms with Gasteiger partial charge < -0.3 is 26.6 Å². The first-order valence-electron chi connectivity index (χ1n) is 10.1. The highest BCUT2D eigenvalue weighted by molar-refractivity contribution is 5.86. The molecule has 9 nitrogen and oxygen atoms in total. The molecular weight excluding hydrogens is 382 g/mol. The zero-order chi connectivity index (χ0) is 21.9. The van der Waals surface area contributed by atoms with Gasteiger partial charge in [-0.2, -0.15) is 10.1 Å². The minimum absolute atomic E-state index is 0.0662. The van der Waals surface area contributed by atoms with Gasteiger partial charge >= 0.3 is 0 Å². The zero-order valence-corrected chi connectivity index (χ0v) is 18.0. The Balaban J connectivity index is 2.01. The van der Waals surface area contributed by atoms with E-state index in [1.54, 1.807) is 13.3 Å².